The quantitative estimate of drug-likeness (QED) is 0.0239. The average Bonchev–Trinajstić information content (AvgIpc) is 1.64. The largest absolute Gasteiger partial charge is 0.694 e. The highest BCUT2D eigenvalue weighted by Gasteiger charge is 2.50. The molecule has 7 aromatic heterocycles. The Kier molecular flexibility index (Phi) is 21.5. The number of aliphatic hydroxyl groups is 1. The third-order valence-corrected chi connectivity index (χ3v) is 20.6. The first-order chi connectivity index (χ1) is 47.7. The Bertz CT molecular complexity index is 4790. The van der Waals surface area contributed by atoms with Crippen LogP contribution in [0.3, 0.4) is 0 Å². The number of aryl methyl sites for hydroxylation is 1. The van der Waals surface area contributed by atoms with Crippen LogP contribution in [-0.4, -0.2) is 191 Å². The summed E-state index contributed by atoms with van der Waals surface area (Å²) in [6, 6.07) is 2.51. The van der Waals surface area contributed by atoms with Gasteiger partial charge in [0.25, 0.3) is 11.1 Å². The Morgan fingerprint density at radius 3 is 1.43 bits per heavy atom. The van der Waals surface area contributed by atoms with Crippen LogP contribution in [0.15, 0.2) is 73.7 Å². The summed E-state index contributed by atoms with van der Waals surface area (Å²) in [7, 11) is -24.9. The summed E-state index contributed by atoms with van der Waals surface area (Å²) in [5, 5.41) is 10.8. The molecule has 12 rings (SSSR count). The standard InChI is InChI=1S/C48H61N18O30P5/c1-20-11-64(48(72)61-43(20)68)35-8-24(29(91-35)15-86-99(77,78)93-22-9-37(89-27(22)12-83-97(73)74)66-19-56-39-42(66)59-45(52)60-44(39)69)95-101(81,82)85-14-28-23(7-34(90-28)63-5-3-32(50)58-47(63)71)94-100(79,80)87-16-30-25(10-36(92-30)65-18-55-38-40(51)53-17-54-41(38)65)96-98(75,76)84-13-26-21(67)6-33(88-26)62-4-2-31(49)57-46(62)70/h2-5,11,17-19,21-30,33-37,67H,6-10,12-16H2,1H3,(H14-,49,50,51,52,53,54,57,58,59,60,61,68,69,70,71,72,73,74,75,76,77,78,79,80,81,82)/p+1/t21-,22-,23-,24-,25-,26+,27+,28+,29+,30+,33+,34+,35+,36+,37+/m0/s1. The predicted molar refractivity (Wildman–Crippen MR) is 331 cm³/mol. The highest BCUT2D eigenvalue weighted by molar-refractivity contribution is 7.48. The molecule has 0 aromatic carbocycles. The number of aromatic amines is 2. The first kappa shape index (κ1) is 73.5. The third-order valence-electron chi connectivity index (χ3n) is 16.2. The van der Waals surface area contributed by atoms with Crippen molar-refractivity contribution in [3.8, 4) is 0 Å². The maximum Gasteiger partial charge on any atom is 0.694 e. The number of anilines is 4. The monoisotopic (exact) mass is 1530 g/mol. The topological polar surface area (TPSA) is 672 Å². The number of H-pyrrole nitrogens is 2. The van der Waals surface area contributed by atoms with E-state index in [1.807, 2.05) is 0 Å². The van der Waals surface area contributed by atoms with Gasteiger partial charge in [-0.1, -0.05) is 0 Å². The molecule has 0 aliphatic carbocycles. The SMILES string of the molecule is Cc1cn([C@H]2C[C@H](OP(=O)(O)OC[C@H]3O[C@@H](n4ccc(N)nc4=O)C[C@@H]3OP(=O)(O)OC[C@H]3O[C@@H](n4cnc5c(N)ncnc54)C[C@@H]3OP(=O)(O)OC[C@H]3O[C@@H](n4ccc(N)nc4=O)C[C@@H]3O)[C@@H](COP(=O)(O)O[C@H]3C[C@H](n4cnc5c(=O)[nH]c(N)nc54)O[C@@H]3CO[P+](=O)O)O2)c(=O)[nH]c1=O. The Labute approximate surface area is 562 Å². The van der Waals surface area contributed by atoms with Gasteiger partial charge in [0.2, 0.25) is 5.95 Å². The molecule has 5 fully saturated rings. The number of phosphoric ester groups is 4. The Morgan fingerprint density at radius 2 is 0.950 bits per heavy atom. The molecule has 7 aromatic rings. The molecule has 48 nitrogen and oxygen atoms in total. The van der Waals surface area contributed by atoms with Gasteiger partial charge in [-0.05, 0) is 19.1 Å². The van der Waals surface area contributed by atoms with Crippen LogP contribution in [0, 0.1) is 6.92 Å². The highest BCUT2D eigenvalue weighted by Crippen LogP contribution is 2.55. The molecule has 20 atom stereocenters. The number of ether oxygens (including phenoxy) is 5. The van der Waals surface area contributed by atoms with Crippen LogP contribution in [0.4, 0.5) is 23.4 Å². The smallest absolute Gasteiger partial charge is 0.390 e. The van der Waals surface area contributed by atoms with Gasteiger partial charge in [0.1, 0.15) is 116 Å². The van der Waals surface area contributed by atoms with E-state index in [1.54, 1.807) is 0 Å². The van der Waals surface area contributed by atoms with E-state index in [-0.39, 0.29) is 70.6 Å². The van der Waals surface area contributed by atoms with Gasteiger partial charge in [0.05, 0.1) is 45.2 Å². The second kappa shape index (κ2) is 29.5. The minimum absolute atomic E-state index is 0.00750. The molecule has 0 radical (unpaired) electrons. The van der Waals surface area contributed by atoms with Gasteiger partial charge < -0.3 is 71.3 Å². The number of imidazole rings is 2. The van der Waals surface area contributed by atoms with Gasteiger partial charge in [-0.2, -0.15) is 15.0 Å². The summed E-state index contributed by atoms with van der Waals surface area (Å²) < 4.78 is 151. The lowest BCUT2D eigenvalue weighted by molar-refractivity contribution is -0.0642. The lowest BCUT2D eigenvalue weighted by Crippen LogP contribution is -2.33. The minimum atomic E-state index is -5.56. The van der Waals surface area contributed by atoms with E-state index in [4.69, 9.17) is 87.3 Å². The summed E-state index contributed by atoms with van der Waals surface area (Å²) in [6.07, 6.45) is -17.0. The fourth-order valence-electron chi connectivity index (χ4n) is 11.5. The van der Waals surface area contributed by atoms with Crippen molar-refractivity contribution in [2.24, 2.45) is 0 Å². The third kappa shape index (κ3) is 17.0. The number of aliphatic hydroxyl groups excluding tert-OH is 1. The molecular formula is C48H62N18O30P5+. The fourth-order valence-corrected chi connectivity index (χ4v) is 15.6. The van der Waals surface area contributed by atoms with Gasteiger partial charge in [0, 0.05) is 60.8 Å². The molecule has 101 heavy (non-hydrogen) atoms. The van der Waals surface area contributed by atoms with Crippen molar-refractivity contribution in [2.75, 3.05) is 56.0 Å². The Balaban J connectivity index is 0.735. The number of hydrogen-bond acceptors (Lipinski definition) is 36. The fraction of sp³-hybridized carbons (Fsp3) is 0.542. The zero-order valence-corrected chi connectivity index (χ0v) is 56.2. The number of hydrogen-bond donors (Lipinski definition) is 12. The number of fused-ring (bicyclic) bond motifs is 2. The number of nitrogens with two attached hydrogens (primary N) is 4. The summed E-state index contributed by atoms with van der Waals surface area (Å²) in [5.41, 5.74) is 18.7. The lowest BCUT2D eigenvalue weighted by atomic mass is 10.2. The van der Waals surface area contributed by atoms with Crippen molar-refractivity contribution in [3.05, 3.63) is 107 Å². The van der Waals surface area contributed by atoms with Crippen molar-refractivity contribution >= 4 is 85.3 Å². The maximum absolute atomic E-state index is 14.2. The molecule has 53 heteroatoms. The van der Waals surface area contributed by atoms with Crippen LogP contribution < -0.4 is 51.1 Å². The van der Waals surface area contributed by atoms with Crippen LogP contribution in [0.2, 0.25) is 0 Å². The number of aromatic nitrogens is 14. The van der Waals surface area contributed by atoms with E-state index >= 15 is 0 Å². The van der Waals surface area contributed by atoms with Crippen molar-refractivity contribution in [1.29, 1.82) is 0 Å². The molecule has 5 aliphatic heterocycles. The molecule has 0 amide bonds. The first-order valence-corrected chi connectivity index (χ1v) is 36.9. The minimum Gasteiger partial charge on any atom is -0.390 e. The number of phosphoric acid groups is 4. The number of nitrogens with one attached hydrogen (secondary N) is 2. The van der Waals surface area contributed by atoms with Crippen LogP contribution in [-0.2, 0) is 87.2 Å². The average molecular weight is 1530 g/mol. The van der Waals surface area contributed by atoms with Gasteiger partial charge in [-0.15, -0.1) is 9.42 Å². The molecule has 0 bridgehead atoms. The molecule has 0 spiro atoms. The van der Waals surface area contributed by atoms with Crippen molar-refractivity contribution in [1.82, 2.24) is 67.7 Å². The first-order valence-electron chi connectivity index (χ1n) is 29.8. The van der Waals surface area contributed by atoms with E-state index in [2.05, 4.69) is 44.9 Å². The van der Waals surface area contributed by atoms with Crippen LogP contribution >= 0.6 is 39.5 Å². The molecule has 5 unspecified atom stereocenters. The molecule has 0 saturated carbocycles. The van der Waals surface area contributed by atoms with Crippen molar-refractivity contribution < 1.29 is 117 Å². The van der Waals surface area contributed by atoms with E-state index < -0.39 is 206 Å². The summed E-state index contributed by atoms with van der Waals surface area (Å²) in [4.78, 5) is 150. The highest BCUT2D eigenvalue weighted by atomic mass is 31.2. The van der Waals surface area contributed by atoms with E-state index in [9.17, 15) is 76.4 Å². The van der Waals surface area contributed by atoms with Gasteiger partial charge in [0.15, 0.2) is 22.6 Å². The zero-order valence-electron chi connectivity index (χ0n) is 51.7. The molecule has 5 aliphatic rings. The number of nitrogens with zero attached hydrogens (tertiary/aromatic N) is 12. The van der Waals surface area contributed by atoms with Crippen molar-refractivity contribution in [2.45, 2.75) is 131 Å². The number of nitrogen functional groups attached to an aromatic ring is 4. The molecule has 5 saturated heterocycles. The Morgan fingerprint density at radius 1 is 0.535 bits per heavy atom. The Hall–Kier alpha value is -7.24. The molecule has 548 valence electrons. The van der Waals surface area contributed by atoms with E-state index in [0.29, 0.717) is 0 Å². The lowest BCUT2D eigenvalue weighted by Gasteiger charge is -2.25. The molecule has 16 N–H and O–H groups in total. The predicted octanol–water partition coefficient (Wildman–Crippen LogP) is -1.87. The summed E-state index contributed by atoms with van der Waals surface area (Å²) in [6.45, 7) is -3.30. The van der Waals surface area contributed by atoms with Crippen LogP contribution in [0.1, 0.15) is 68.8 Å². The summed E-state index contributed by atoms with van der Waals surface area (Å²) >= 11 is 0. The van der Waals surface area contributed by atoms with E-state index in [1.165, 1.54) is 40.7 Å². The summed E-state index contributed by atoms with van der Waals surface area (Å²) in [5.74, 6) is -0.631. The van der Waals surface area contributed by atoms with Gasteiger partial charge in [-0.25, -0.2) is 52.6 Å². The van der Waals surface area contributed by atoms with Crippen LogP contribution in [0.25, 0.3) is 22.3 Å². The zero-order chi connectivity index (χ0) is 72.2. The maximum atomic E-state index is 14.2. The molecule has 12 heterocycles. The molecular weight excluding hydrogens is 1460 g/mol. The normalized spacial score (nSPS) is 29.5. The second-order valence-electron chi connectivity index (χ2n) is 23.0. The van der Waals surface area contributed by atoms with Crippen LogP contribution in [0.5, 0.6) is 0 Å². The van der Waals surface area contributed by atoms with Gasteiger partial charge in [-0.3, -0.25) is 78.6 Å². The second-order valence-corrected chi connectivity index (χ2v) is 29.3. The van der Waals surface area contributed by atoms with E-state index in [0.717, 1.165) is 38.7 Å². The van der Waals surface area contributed by atoms with Gasteiger partial charge >= 0.3 is 56.6 Å². The van der Waals surface area contributed by atoms with Crippen molar-refractivity contribution in [3.63, 3.8) is 0 Å². The number of rotatable bonds is 28.